The van der Waals surface area contributed by atoms with Gasteiger partial charge in [-0.05, 0) is 66.2 Å². The van der Waals surface area contributed by atoms with Crippen molar-refractivity contribution in [2.45, 2.75) is 51.9 Å². The molecule has 15 heavy (non-hydrogen) atoms. The smallest absolute Gasteiger partial charge is 0.0130 e. The Morgan fingerprint density at radius 3 is 2.67 bits per heavy atom. The Morgan fingerprint density at radius 1 is 1.07 bits per heavy atom. The van der Waals surface area contributed by atoms with Gasteiger partial charge in [0, 0.05) is 0 Å². The van der Waals surface area contributed by atoms with Crippen LogP contribution in [0.2, 0.25) is 0 Å². The molecule has 1 unspecified atom stereocenters. The molecule has 1 atom stereocenters. The number of fused-ring (bicyclic) bond motifs is 3. The average Bonchev–Trinajstić information content (AvgIpc) is 2.82. The molecule has 0 amide bonds. The van der Waals surface area contributed by atoms with E-state index >= 15 is 0 Å². The van der Waals surface area contributed by atoms with Crippen LogP contribution in [0.15, 0.2) is 12.1 Å². The van der Waals surface area contributed by atoms with Gasteiger partial charge in [0.05, 0.1) is 0 Å². The van der Waals surface area contributed by atoms with Crippen LogP contribution in [-0.2, 0) is 19.3 Å². The van der Waals surface area contributed by atoms with Crippen LogP contribution in [0.5, 0.6) is 0 Å². The number of aryl methyl sites for hydroxylation is 2. The first-order chi connectivity index (χ1) is 7.27. The van der Waals surface area contributed by atoms with Crippen molar-refractivity contribution in [3.63, 3.8) is 0 Å². The summed E-state index contributed by atoms with van der Waals surface area (Å²) in [6.45, 7) is 4.77. The van der Waals surface area contributed by atoms with Gasteiger partial charge in [-0.3, -0.25) is 0 Å². The summed E-state index contributed by atoms with van der Waals surface area (Å²) >= 11 is 0. The average molecular weight is 200 g/mol. The first kappa shape index (κ1) is 9.45. The zero-order chi connectivity index (χ0) is 10.4. The predicted molar refractivity (Wildman–Crippen MR) is 64.4 cm³/mol. The van der Waals surface area contributed by atoms with E-state index in [1.54, 1.807) is 22.3 Å². The topological polar surface area (TPSA) is 0 Å². The van der Waals surface area contributed by atoms with Gasteiger partial charge in [-0.2, -0.15) is 0 Å². The molecule has 2 aliphatic carbocycles. The molecule has 0 saturated carbocycles. The highest BCUT2D eigenvalue weighted by Crippen LogP contribution is 2.43. The summed E-state index contributed by atoms with van der Waals surface area (Å²) in [5, 5.41) is 0. The third-order valence-corrected chi connectivity index (χ3v) is 4.32. The Labute approximate surface area is 92.7 Å². The molecule has 0 aliphatic heterocycles. The van der Waals surface area contributed by atoms with Crippen molar-refractivity contribution in [1.29, 1.82) is 0 Å². The second kappa shape index (κ2) is 3.37. The standard InChI is InChI=1S/C15H20/c1-10(2)13-9-8-12-7-6-11-4-3-5-14(11)15(12)13/h6-7,10,13H,3-5,8-9H2,1-2H3. The van der Waals surface area contributed by atoms with E-state index in [0.717, 1.165) is 11.8 Å². The number of hydrogen-bond acceptors (Lipinski definition) is 0. The van der Waals surface area contributed by atoms with E-state index in [2.05, 4.69) is 26.0 Å². The van der Waals surface area contributed by atoms with Crippen LogP contribution in [0, 0.1) is 5.92 Å². The Morgan fingerprint density at radius 2 is 1.87 bits per heavy atom. The second-order valence-electron chi connectivity index (χ2n) is 5.52. The normalized spacial score (nSPS) is 23.3. The Hall–Kier alpha value is -0.780. The highest BCUT2D eigenvalue weighted by molar-refractivity contribution is 5.48. The van der Waals surface area contributed by atoms with Crippen LogP contribution in [0.4, 0.5) is 0 Å². The summed E-state index contributed by atoms with van der Waals surface area (Å²) in [6.07, 6.45) is 6.78. The van der Waals surface area contributed by atoms with E-state index in [4.69, 9.17) is 0 Å². The molecule has 0 bridgehead atoms. The summed E-state index contributed by atoms with van der Waals surface area (Å²) in [5.41, 5.74) is 6.82. The van der Waals surface area contributed by atoms with Crippen molar-refractivity contribution in [3.05, 3.63) is 34.4 Å². The zero-order valence-electron chi connectivity index (χ0n) is 9.84. The van der Waals surface area contributed by atoms with Crippen LogP contribution in [0.25, 0.3) is 0 Å². The molecule has 0 heteroatoms. The monoisotopic (exact) mass is 200 g/mol. The lowest BCUT2D eigenvalue weighted by Crippen LogP contribution is -2.05. The highest BCUT2D eigenvalue weighted by atomic mass is 14.3. The maximum atomic E-state index is 2.40. The van der Waals surface area contributed by atoms with Crippen LogP contribution >= 0.6 is 0 Å². The van der Waals surface area contributed by atoms with Crippen molar-refractivity contribution >= 4 is 0 Å². The molecule has 3 rings (SSSR count). The summed E-state index contributed by atoms with van der Waals surface area (Å²) in [5.74, 6) is 1.67. The molecule has 0 radical (unpaired) electrons. The van der Waals surface area contributed by atoms with E-state index in [9.17, 15) is 0 Å². The van der Waals surface area contributed by atoms with Crippen LogP contribution in [-0.4, -0.2) is 0 Å². The molecular weight excluding hydrogens is 180 g/mol. The Kier molecular flexibility index (Phi) is 2.12. The second-order valence-corrected chi connectivity index (χ2v) is 5.52. The molecule has 0 heterocycles. The molecule has 0 spiro atoms. The van der Waals surface area contributed by atoms with Crippen LogP contribution in [0.3, 0.4) is 0 Å². The molecule has 1 aromatic carbocycles. The lowest BCUT2D eigenvalue weighted by atomic mass is 9.86. The van der Waals surface area contributed by atoms with E-state index in [-0.39, 0.29) is 0 Å². The third-order valence-electron chi connectivity index (χ3n) is 4.32. The van der Waals surface area contributed by atoms with Gasteiger partial charge in [0.15, 0.2) is 0 Å². The summed E-state index contributed by atoms with van der Waals surface area (Å²) in [7, 11) is 0. The third kappa shape index (κ3) is 1.34. The van der Waals surface area contributed by atoms with Gasteiger partial charge in [0.1, 0.15) is 0 Å². The lowest BCUT2D eigenvalue weighted by Gasteiger charge is -2.19. The van der Waals surface area contributed by atoms with Gasteiger partial charge in [-0.1, -0.05) is 26.0 Å². The van der Waals surface area contributed by atoms with Crippen molar-refractivity contribution < 1.29 is 0 Å². The molecular formula is C15H20. The summed E-state index contributed by atoms with van der Waals surface area (Å²) in [4.78, 5) is 0. The van der Waals surface area contributed by atoms with E-state index in [1.807, 2.05) is 0 Å². The van der Waals surface area contributed by atoms with Gasteiger partial charge in [0.2, 0.25) is 0 Å². The summed E-state index contributed by atoms with van der Waals surface area (Å²) < 4.78 is 0. The van der Waals surface area contributed by atoms with Crippen LogP contribution < -0.4 is 0 Å². The fourth-order valence-electron chi connectivity index (χ4n) is 3.55. The van der Waals surface area contributed by atoms with Crippen molar-refractivity contribution in [2.24, 2.45) is 5.92 Å². The van der Waals surface area contributed by atoms with Gasteiger partial charge in [-0.25, -0.2) is 0 Å². The Bertz CT molecular complexity index is 387. The molecule has 0 aromatic heterocycles. The molecule has 0 fully saturated rings. The minimum atomic E-state index is 0.818. The van der Waals surface area contributed by atoms with Crippen molar-refractivity contribution in [1.82, 2.24) is 0 Å². The van der Waals surface area contributed by atoms with Crippen molar-refractivity contribution in [2.75, 3.05) is 0 Å². The largest absolute Gasteiger partial charge is 0.0622 e. The van der Waals surface area contributed by atoms with Gasteiger partial charge in [-0.15, -0.1) is 0 Å². The van der Waals surface area contributed by atoms with E-state index in [0.29, 0.717) is 0 Å². The van der Waals surface area contributed by atoms with Gasteiger partial charge < -0.3 is 0 Å². The maximum absolute atomic E-state index is 2.40. The number of hydrogen-bond donors (Lipinski definition) is 0. The fourth-order valence-corrected chi connectivity index (χ4v) is 3.55. The lowest BCUT2D eigenvalue weighted by molar-refractivity contribution is 0.493. The van der Waals surface area contributed by atoms with Crippen molar-refractivity contribution in [3.8, 4) is 0 Å². The molecule has 2 aliphatic rings. The first-order valence-corrected chi connectivity index (χ1v) is 6.41. The highest BCUT2D eigenvalue weighted by Gasteiger charge is 2.29. The quantitative estimate of drug-likeness (QED) is 0.645. The molecule has 0 N–H and O–H groups in total. The van der Waals surface area contributed by atoms with Gasteiger partial charge >= 0.3 is 0 Å². The minimum Gasteiger partial charge on any atom is -0.0622 e. The molecule has 0 saturated heterocycles. The molecule has 0 nitrogen and oxygen atoms in total. The number of rotatable bonds is 1. The Balaban J connectivity index is 2.13. The first-order valence-electron chi connectivity index (χ1n) is 6.41. The SMILES string of the molecule is CC(C)C1CCc2ccc3c(c21)CCC3. The molecule has 80 valence electrons. The van der Waals surface area contributed by atoms with E-state index in [1.165, 1.54) is 32.1 Å². The van der Waals surface area contributed by atoms with Crippen LogP contribution in [0.1, 0.15) is 54.9 Å². The zero-order valence-corrected chi connectivity index (χ0v) is 9.84. The van der Waals surface area contributed by atoms with Gasteiger partial charge in [0.25, 0.3) is 0 Å². The summed E-state index contributed by atoms with van der Waals surface area (Å²) in [6, 6.07) is 4.80. The predicted octanol–water partition coefficient (Wildman–Crippen LogP) is 3.86. The number of benzene rings is 1. The minimum absolute atomic E-state index is 0.818. The van der Waals surface area contributed by atoms with E-state index < -0.39 is 0 Å². The molecule has 1 aromatic rings. The fraction of sp³-hybridized carbons (Fsp3) is 0.600. The maximum Gasteiger partial charge on any atom is -0.0130 e.